The van der Waals surface area contributed by atoms with Gasteiger partial charge >= 0.3 is 0 Å². The van der Waals surface area contributed by atoms with Crippen molar-refractivity contribution in [3.05, 3.63) is 52.2 Å². The number of carbonyl (C=O) groups is 1. The summed E-state index contributed by atoms with van der Waals surface area (Å²) >= 11 is 2.98. The highest BCUT2D eigenvalue weighted by Gasteiger charge is 2.32. The van der Waals surface area contributed by atoms with Gasteiger partial charge in [-0.3, -0.25) is 9.36 Å². The molecule has 3 aromatic rings. The number of aryl methyl sites for hydroxylation is 1. The van der Waals surface area contributed by atoms with Crippen molar-refractivity contribution in [3.63, 3.8) is 0 Å². The molecule has 0 spiro atoms. The number of nitrogens with zero attached hydrogens (tertiary/aromatic N) is 4. The van der Waals surface area contributed by atoms with Crippen molar-refractivity contribution in [2.45, 2.75) is 68.2 Å². The first-order chi connectivity index (χ1) is 15.7. The highest BCUT2D eigenvalue weighted by Crippen LogP contribution is 2.42. The van der Waals surface area contributed by atoms with Crippen LogP contribution in [0.3, 0.4) is 0 Å². The van der Waals surface area contributed by atoms with E-state index >= 15 is 0 Å². The first-order valence-corrected chi connectivity index (χ1v) is 12.9. The lowest BCUT2D eigenvalue weighted by Gasteiger charge is -2.13. The average molecular weight is 464 g/mol. The molecule has 164 valence electrons. The van der Waals surface area contributed by atoms with Crippen LogP contribution >= 0.6 is 23.1 Å². The third kappa shape index (κ3) is 4.19. The van der Waals surface area contributed by atoms with Crippen LogP contribution < -0.4 is 5.32 Å². The standard InChI is InChI=1S/C24H25N5OS2/c1-15(22(30)26-23-19(14-25)18-10-6-3-7-11-20(18)32-23)31-24-28-27-21(16-12-13-16)29(24)17-8-4-2-5-9-17/h2,4-5,8-9,15-16H,3,6-7,10-13H2,1H3,(H,26,30). The van der Waals surface area contributed by atoms with Gasteiger partial charge in [-0.1, -0.05) is 36.4 Å². The molecular formula is C24H25N5OS2. The predicted molar refractivity (Wildman–Crippen MR) is 128 cm³/mol. The van der Waals surface area contributed by atoms with E-state index in [9.17, 15) is 10.1 Å². The van der Waals surface area contributed by atoms with Gasteiger partial charge in [0.1, 0.15) is 16.9 Å². The summed E-state index contributed by atoms with van der Waals surface area (Å²) in [5.74, 6) is 1.31. The second-order valence-electron chi connectivity index (χ2n) is 8.42. The first kappa shape index (κ1) is 21.2. The maximum Gasteiger partial charge on any atom is 0.238 e. The number of amides is 1. The zero-order chi connectivity index (χ0) is 22.1. The van der Waals surface area contributed by atoms with Crippen LogP contribution in [0.2, 0.25) is 0 Å². The lowest BCUT2D eigenvalue weighted by Crippen LogP contribution is -2.23. The molecule has 32 heavy (non-hydrogen) atoms. The fourth-order valence-corrected chi connectivity index (χ4v) is 6.27. The first-order valence-electron chi connectivity index (χ1n) is 11.2. The van der Waals surface area contributed by atoms with Crippen LogP contribution in [-0.4, -0.2) is 25.9 Å². The number of nitriles is 1. The summed E-state index contributed by atoms with van der Waals surface area (Å²) < 4.78 is 2.08. The molecule has 0 bridgehead atoms. The molecular weight excluding hydrogens is 438 g/mol. The smallest absolute Gasteiger partial charge is 0.238 e. The number of hydrogen-bond acceptors (Lipinski definition) is 6. The fraction of sp³-hybridized carbons (Fsp3) is 0.417. The van der Waals surface area contributed by atoms with E-state index < -0.39 is 0 Å². The minimum absolute atomic E-state index is 0.113. The van der Waals surface area contributed by atoms with Crippen LogP contribution in [0.4, 0.5) is 5.00 Å². The van der Waals surface area contributed by atoms with Gasteiger partial charge in [0.05, 0.1) is 10.8 Å². The Morgan fingerprint density at radius 1 is 1.22 bits per heavy atom. The van der Waals surface area contributed by atoms with Gasteiger partial charge in [0.15, 0.2) is 5.16 Å². The topological polar surface area (TPSA) is 83.6 Å². The molecule has 5 rings (SSSR count). The Balaban J connectivity index is 1.36. The maximum absolute atomic E-state index is 13.1. The Morgan fingerprint density at radius 2 is 2.00 bits per heavy atom. The summed E-state index contributed by atoms with van der Waals surface area (Å²) in [6, 6.07) is 12.4. The van der Waals surface area contributed by atoms with Crippen LogP contribution in [0, 0.1) is 11.3 Å². The molecule has 1 amide bonds. The number of hydrogen-bond donors (Lipinski definition) is 1. The quantitative estimate of drug-likeness (QED) is 0.387. The molecule has 1 fully saturated rings. The summed E-state index contributed by atoms with van der Waals surface area (Å²) in [6.45, 7) is 1.88. The summed E-state index contributed by atoms with van der Waals surface area (Å²) in [6.07, 6.45) is 7.65. The van der Waals surface area contributed by atoms with Crippen molar-refractivity contribution in [2.24, 2.45) is 0 Å². The van der Waals surface area contributed by atoms with Gasteiger partial charge in [0.2, 0.25) is 5.91 Å². The van der Waals surface area contributed by atoms with E-state index in [2.05, 4.69) is 26.2 Å². The third-order valence-corrected chi connectivity index (χ3v) is 8.29. The van der Waals surface area contributed by atoms with Gasteiger partial charge in [0.25, 0.3) is 0 Å². The van der Waals surface area contributed by atoms with E-state index in [0.29, 0.717) is 16.5 Å². The van der Waals surface area contributed by atoms with Crippen LogP contribution in [0.25, 0.3) is 5.69 Å². The van der Waals surface area contributed by atoms with Gasteiger partial charge in [-0.25, -0.2) is 0 Å². The molecule has 1 saturated carbocycles. The molecule has 1 unspecified atom stereocenters. The molecule has 1 N–H and O–H groups in total. The molecule has 2 aliphatic carbocycles. The largest absolute Gasteiger partial charge is 0.316 e. The van der Waals surface area contributed by atoms with Crippen LogP contribution in [0.15, 0.2) is 35.5 Å². The Morgan fingerprint density at radius 3 is 2.75 bits per heavy atom. The van der Waals surface area contributed by atoms with Crippen LogP contribution in [0.1, 0.15) is 66.8 Å². The Labute approximate surface area is 196 Å². The minimum atomic E-state index is -0.373. The Bertz CT molecular complexity index is 1170. The summed E-state index contributed by atoms with van der Waals surface area (Å²) in [5, 5.41) is 22.7. The number of rotatable bonds is 6. The molecule has 6 nitrogen and oxygen atoms in total. The van der Waals surface area contributed by atoms with Crippen molar-refractivity contribution >= 4 is 34.0 Å². The third-order valence-electron chi connectivity index (χ3n) is 6.04. The second-order valence-corrected chi connectivity index (χ2v) is 10.8. The van der Waals surface area contributed by atoms with Gasteiger partial charge in [-0.15, -0.1) is 21.5 Å². The number of thiophene rings is 1. The Kier molecular flexibility index (Phi) is 6.03. The highest BCUT2D eigenvalue weighted by atomic mass is 32.2. The van der Waals surface area contributed by atoms with Gasteiger partial charge in [0, 0.05) is 16.5 Å². The number of fused-ring (bicyclic) bond motifs is 1. The molecule has 8 heteroatoms. The van der Waals surface area contributed by atoms with E-state index in [1.165, 1.54) is 23.1 Å². The zero-order valence-electron chi connectivity index (χ0n) is 18.0. The average Bonchev–Trinajstić information content (AvgIpc) is 3.54. The summed E-state index contributed by atoms with van der Waals surface area (Å²) in [5.41, 5.74) is 2.81. The molecule has 1 aromatic carbocycles. The van der Waals surface area contributed by atoms with E-state index in [-0.39, 0.29) is 11.2 Å². The number of thioether (sulfide) groups is 1. The van der Waals surface area contributed by atoms with Gasteiger partial charge in [-0.05, 0) is 63.1 Å². The molecule has 0 radical (unpaired) electrons. The number of carbonyl (C=O) groups excluding carboxylic acids is 1. The van der Waals surface area contributed by atoms with Crippen LogP contribution in [-0.2, 0) is 17.6 Å². The van der Waals surface area contributed by atoms with Crippen molar-refractivity contribution < 1.29 is 4.79 Å². The number of aromatic nitrogens is 3. The van der Waals surface area contributed by atoms with Crippen LogP contribution in [0.5, 0.6) is 0 Å². The second kappa shape index (κ2) is 9.08. The van der Waals surface area contributed by atoms with Gasteiger partial charge < -0.3 is 5.32 Å². The summed E-state index contributed by atoms with van der Waals surface area (Å²) in [4.78, 5) is 14.3. The Hall–Kier alpha value is -2.63. The fourth-order valence-electron chi connectivity index (χ4n) is 4.16. The van der Waals surface area contributed by atoms with Crippen molar-refractivity contribution in [3.8, 4) is 11.8 Å². The monoisotopic (exact) mass is 463 g/mol. The van der Waals surface area contributed by atoms with E-state index in [1.54, 1.807) is 11.3 Å². The lowest BCUT2D eigenvalue weighted by molar-refractivity contribution is -0.115. The molecule has 0 saturated heterocycles. The minimum Gasteiger partial charge on any atom is -0.316 e. The maximum atomic E-state index is 13.1. The predicted octanol–water partition coefficient (Wildman–Crippen LogP) is 5.47. The molecule has 2 aliphatic rings. The van der Waals surface area contributed by atoms with E-state index in [4.69, 9.17) is 0 Å². The van der Waals surface area contributed by atoms with Crippen molar-refractivity contribution in [1.82, 2.24) is 14.8 Å². The van der Waals surface area contributed by atoms with Gasteiger partial charge in [-0.2, -0.15) is 5.26 Å². The number of anilines is 1. The normalized spacial score (nSPS) is 16.6. The molecule has 0 aliphatic heterocycles. The zero-order valence-corrected chi connectivity index (χ0v) is 19.6. The summed E-state index contributed by atoms with van der Waals surface area (Å²) in [7, 11) is 0. The van der Waals surface area contributed by atoms with Crippen molar-refractivity contribution in [1.29, 1.82) is 5.26 Å². The number of nitrogens with one attached hydrogen (secondary N) is 1. The van der Waals surface area contributed by atoms with Crippen molar-refractivity contribution in [2.75, 3.05) is 5.32 Å². The van der Waals surface area contributed by atoms with E-state index in [1.807, 2.05) is 37.3 Å². The number of para-hydroxylation sites is 1. The SMILES string of the molecule is CC(Sc1nnc(C2CC2)n1-c1ccccc1)C(=O)Nc1sc2c(c1C#N)CCCCC2. The number of benzene rings is 1. The van der Waals surface area contributed by atoms with E-state index in [0.717, 1.165) is 60.8 Å². The highest BCUT2D eigenvalue weighted by molar-refractivity contribution is 8.00. The molecule has 2 aromatic heterocycles. The lowest BCUT2D eigenvalue weighted by atomic mass is 10.1. The molecule has 2 heterocycles. The molecule has 1 atom stereocenters.